The van der Waals surface area contributed by atoms with E-state index in [0.717, 1.165) is 38.5 Å². The molecule has 7 heteroatoms. The summed E-state index contributed by atoms with van der Waals surface area (Å²) in [4.78, 5) is 17.2. The topological polar surface area (TPSA) is 58.0 Å². The van der Waals surface area contributed by atoms with Crippen LogP contribution in [0, 0.1) is 0 Å². The van der Waals surface area contributed by atoms with Gasteiger partial charge in [0, 0.05) is 31.2 Å². The molecule has 3 rings (SSSR count). The van der Waals surface area contributed by atoms with Gasteiger partial charge in [0.1, 0.15) is 11.5 Å². The van der Waals surface area contributed by atoms with Crippen LogP contribution in [0.3, 0.4) is 0 Å². The number of piperazine rings is 1. The summed E-state index contributed by atoms with van der Waals surface area (Å²) in [6, 6.07) is 8.84. The SMILES string of the molecule is COc1ccc(Cl)cc1NC(=O)[C@@H](C)N1CCN(Cc2ccco2)CC1. The van der Waals surface area contributed by atoms with E-state index in [-0.39, 0.29) is 11.9 Å². The molecule has 1 fully saturated rings. The van der Waals surface area contributed by atoms with E-state index < -0.39 is 0 Å². The summed E-state index contributed by atoms with van der Waals surface area (Å²) in [5.74, 6) is 1.50. The second-order valence-corrected chi connectivity index (χ2v) is 6.84. The van der Waals surface area contributed by atoms with Gasteiger partial charge in [-0.25, -0.2) is 0 Å². The summed E-state index contributed by atoms with van der Waals surface area (Å²) >= 11 is 6.03. The van der Waals surface area contributed by atoms with Crippen LogP contribution in [0.1, 0.15) is 12.7 Å². The molecule has 1 aliphatic heterocycles. The number of benzene rings is 1. The Hall–Kier alpha value is -2.02. The Bertz CT molecular complexity index is 728. The van der Waals surface area contributed by atoms with Crippen molar-refractivity contribution in [3.63, 3.8) is 0 Å². The van der Waals surface area contributed by atoms with Crippen LogP contribution in [0.4, 0.5) is 5.69 Å². The van der Waals surface area contributed by atoms with Crippen molar-refractivity contribution in [1.29, 1.82) is 0 Å². The summed E-state index contributed by atoms with van der Waals surface area (Å²) in [6.45, 7) is 6.21. The average molecular weight is 378 g/mol. The Morgan fingerprint density at radius 3 is 2.73 bits per heavy atom. The van der Waals surface area contributed by atoms with Crippen molar-refractivity contribution in [2.75, 3.05) is 38.6 Å². The van der Waals surface area contributed by atoms with E-state index in [9.17, 15) is 4.79 Å². The highest BCUT2D eigenvalue weighted by molar-refractivity contribution is 6.31. The molecular weight excluding hydrogens is 354 g/mol. The second kappa shape index (κ2) is 8.58. The highest BCUT2D eigenvalue weighted by Gasteiger charge is 2.26. The minimum atomic E-state index is -0.232. The first-order chi connectivity index (χ1) is 12.6. The molecule has 0 radical (unpaired) electrons. The summed E-state index contributed by atoms with van der Waals surface area (Å²) in [6.07, 6.45) is 1.70. The standard InChI is InChI=1S/C19H24ClN3O3/c1-14(19(24)21-17-12-15(20)5-6-18(17)25-2)23-9-7-22(8-10-23)13-16-4-3-11-26-16/h3-6,11-12,14H,7-10,13H2,1-2H3,(H,21,24)/t14-/m1/s1. The molecule has 0 bridgehead atoms. The Balaban J connectivity index is 1.54. The van der Waals surface area contributed by atoms with E-state index in [1.807, 2.05) is 19.1 Å². The lowest BCUT2D eigenvalue weighted by atomic mass is 10.2. The van der Waals surface area contributed by atoms with Crippen LogP contribution >= 0.6 is 11.6 Å². The van der Waals surface area contributed by atoms with Crippen LogP contribution in [0.25, 0.3) is 0 Å². The predicted molar refractivity (Wildman–Crippen MR) is 102 cm³/mol. The van der Waals surface area contributed by atoms with Gasteiger partial charge in [0.25, 0.3) is 0 Å². The van der Waals surface area contributed by atoms with Gasteiger partial charge >= 0.3 is 0 Å². The van der Waals surface area contributed by atoms with E-state index in [1.165, 1.54) is 0 Å². The van der Waals surface area contributed by atoms with Crippen LogP contribution in [0.15, 0.2) is 41.0 Å². The van der Waals surface area contributed by atoms with E-state index in [4.69, 9.17) is 20.8 Å². The van der Waals surface area contributed by atoms with E-state index in [1.54, 1.807) is 31.6 Å². The smallest absolute Gasteiger partial charge is 0.241 e. The fraction of sp³-hybridized carbons (Fsp3) is 0.421. The van der Waals surface area contributed by atoms with Gasteiger partial charge < -0.3 is 14.5 Å². The molecule has 2 heterocycles. The van der Waals surface area contributed by atoms with Gasteiger partial charge in [0.15, 0.2) is 0 Å². The lowest BCUT2D eigenvalue weighted by Gasteiger charge is -2.37. The first-order valence-electron chi connectivity index (χ1n) is 8.70. The zero-order chi connectivity index (χ0) is 18.5. The van der Waals surface area contributed by atoms with Gasteiger partial charge in [-0.05, 0) is 37.3 Å². The zero-order valence-electron chi connectivity index (χ0n) is 15.1. The number of hydrogen-bond donors (Lipinski definition) is 1. The third-order valence-electron chi connectivity index (χ3n) is 4.71. The fourth-order valence-electron chi connectivity index (χ4n) is 3.11. The maximum Gasteiger partial charge on any atom is 0.241 e. The van der Waals surface area contributed by atoms with Crippen molar-refractivity contribution in [1.82, 2.24) is 9.80 Å². The number of furan rings is 1. The van der Waals surface area contributed by atoms with Gasteiger partial charge in [0.05, 0.1) is 31.6 Å². The molecule has 26 heavy (non-hydrogen) atoms. The van der Waals surface area contributed by atoms with Gasteiger partial charge in [-0.3, -0.25) is 14.6 Å². The predicted octanol–water partition coefficient (Wildman–Crippen LogP) is 3.09. The van der Waals surface area contributed by atoms with Crippen molar-refractivity contribution in [3.05, 3.63) is 47.4 Å². The number of rotatable bonds is 6. The molecule has 1 aromatic carbocycles. The first-order valence-corrected chi connectivity index (χ1v) is 9.08. The zero-order valence-corrected chi connectivity index (χ0v) is 15.8. The number of anilines is 1. The maximum absolute atomic E-state index is 12.6. The molecule has 0 unspecified atom stereocenters. The second-order valence-electron chi connectivity index (χ2n) is 6.40. The molecule has 1 atom stereocenters. The lowest BCUT2D eigenvalue weighted by molar-refractivity contribution is -0.121. The number of hydrogen-bond acceptors (Lipinski definition) is 5. The number of methoxy groups -OCH3 is 1. The summed E-state index contributed by atoms with van der Waals surface area (Å²) in [5.41, 5.74) is 0.591. The molecule has 1 aliphatic rings. The van der Waals surface area contributed by atoms with Crippen molar-refractivity contribution in [2.24, 2.45) is 0 Å². The normalized spacial score (nSPS) is 17.0. The van der Waals surface area contributed by atoms with Gasteiger partial charge in [-0.15, -0.1) is 0 Å². The Morgan fingerprint density at radius 2 is 2.08 bits per heavy atom. The number of carbonyl (C=O) groups excluding carboxylic acids is 1. The van der Waals surface area contributed by atoms with Gasteiger partial charge in [0.2, 0.25) is 5.91 Å². The fourth-order valence-corrected chi connectivity index (χ4v) is 3.28. The van der Waals surface area contributed by atoms with E-state index in [2.05, 4.69) is 15.1 Å². The quantitative estimate of drug-likeness (QED) is 0.838. The molecule has 0 aliphatic carbocycles. The Kier molecular flexibility index (Phi) is 6.19. The number of ether oxygens (including phenoxy) is 1. The van der Waals surface area contributed by atoms with Crippen molar-refractivity contribution < 1.29 is 13.9 Å². The summed E-state index contributed by atoms with van der Waals surface area (Å²) in [5, 5.41) is 3.48. The number of nitrogens with zero attached hydrogens (tertiary/aromatic N) is 2. The summed E-state index contributed by atoms with van der Waals surface area (Å²) in [7, 11) is 1.57. The average Bonchev–Trinajstić information content (AvgIpc) is 3.15. The Morgan fingerprint density at radius 1 is 1.31 bits per heavy atom. The van der Waals surface area contributed by atoms with Crippen molar-refractivity contribution >= 4 is 23.2 Å². The molecule has 1 N–H and O–H groups in total. The number of carbonyl (C=O) groups is 1. The molecular formula is C19H24ClN3O3. The maximum atomic E-state index is 12.6. The molecule has 0 saturated carbocycles. The molecule has 1 aromatic heterocycles. The molecule has 6 nitrogen and oxygen atoms in total. The Labute approximate surface area is 158 Å². The molecule has 140 valence electrons. The van der Waals surface area contributed by atoms with Crippen LogP contribution in [0.2, 0.25) is 5.02 Å². The van der Waals surface area contributed by atoms with E-state index >= 15 is 0 Å². The number of amides is 1. The number of halogens is 1. The molecule has 2 aromatic rings. The van der Waals surface area contributed by atoms with E-state index in [0.29, 0.717) is 16.5 Å². The van der Waals surface area contributed by atoms with Crippen molar-refractivity contribution in [2.45, 2.75) is 19.5 Å². The molecule has 1 amide bonds. The van der Waals surface area contributed by atoms with Crippen LogP contribution < -0.4 is 10.1 Å². The van der Waals surface area contributed by atoms with Crippen LogP contribution in [0.5, 0.6) is 5.75 Å². The molecule has 0 spiro atoms. The van der Waals surface area contributed by atoms with Crippen molar-refractivity contribution in [3.8, 4) is 5.75 Å². The monoisotopic (exact) mass is 377 g/mol. The molecule has 1 saturated heterocycles. The highest BCUT2D eigenvalue weighted by Crippen LogP contribution is 2.28. The minimum Gasteiger partial charge on any atom is -0.495 e. The van der Waals surface area contributed by atoms with Crippen LogP contribution in [-0.4, -0.2) is 55.0 Å². The summed E-state index contributed by atoms with van der Waals surface area (Å²) < 4.78 is 10.7. The number of nitrogens with one attached hydrogen (secondary N) is 1. The lowest BCUT2D eigenvalue weighted by Crippen LogP contribution is -2.52. The van der Waals surface area contributed by atoms with Gasteiger partial charge in [-0.1, -0.05) is 11.6 Å². The minimum absolute atomic E-state index is 0.0648. The van der Waals surface area contributed by atoms with Crippen LogP contribution in [-0.2, 0) is 11.3 Å². The largest absolute Gasteiger partial charge is 0.495 e. The van der Waals surface area contributed by atoms with Gasteiger partial charge in [-0.2, -0.15) is 0 Å². The third kappa shape index (κ3) is 4.58. The first kappa shape index (κ1) is 18.8. The third-order valence-corrected chi connectivity index (χ3v) is 4.95. The highest BCUT2D eigenvalue weighted by atomic mass is 35.5.